The number of aliphatic hydroxyl groups excluding tert-OH is 1. The Balaban J connectivity index is 1.79. The molecular formula is C20H26N2O3. The average molecular weight is 342 g/mol. The fourth-order valence-corrected chi connectivity index (χ4v) is 2.42. The van der Waals surface area contributed by atoms with Crippen LogP contribution in [-0.4, -0.2) is 30.4 Å². The molecule has 5 heteroatoms. The highest BCUT2D eigenvalue weighted by Crippen LogP contribution is 2.21. The summed E-state index contributed by atoms with van der Waals surface area (Å²) in [7, 11) is 0. The highest BCUT2D eigenvalue weighted by Gasteiger charge is 2.09. The van der Waals surface area contributed by atoms with Crippen molar-refractivity contribution in [3.8, 4) is 5.75 Å². The highest BCUT2D eigenvalue weighted by molar-refractivity contribution is 5.90. The number of hydrogen-bond acceptors (Lipinski definition) is 3. The SMILES string of the molecule is CCCOc1ccc(NC(=O)NCC(O)Cc2ccccc2)c(C)c1. The highest BCUT2D eigenvalue weighted by atomic mass is 16.5. The number of anilines is 1. The number of aliphatic hydroxyl groups is 1. The second-order valence-corrected chi connectivity index (χ2v) is 6.00. The molecule has 0 aromatic heterocycles. The summed E-state index contributed by atoms with van der Waals surface area (Å²) in [6.07, 6.45) is 0.829. The van der Waals surface area contributed by atoms with E-state index >= 15 is 0 Å². The van der Waals surface area contributed by atoms with E-state index in [1.807, 2.05) is 55.5 Å². The lowest BCUT2D eigenvalue weighted by atomic mass is 10.1. The Kier molecular flexibility index (Phi) is 7.29. The van der Waals surface area contributed by atoms with Gasteiger partial charge in [0.05, 0.1) is 12.7 Å². The molecule has 0 radical (unpaired) electrons. The van der Waals surface area contributed by atoms with Gasteiger partial charge in [-0.2, -0.15) is 0 Å². The predicted molar refractivity (Wildman–Crippen MR) is 100 cm³/mol. The van der Waals surface area contributed by atoms with Gasteiger partial charge in [0.2, 0.25) is 0 Å². The molecule has 2 aromatic carbocycles. The van der Waals surface area contributed by atoms with Crippen molar-refractivity contribution in [2.45, 2.75) is 32.8 Å². The third-order valence-corrected chi connectivity index (χ3v) is 3.73. The van der Waals surface area contributed by atoms with Crippen molar-refractivity contribution in [3.63, 3.8) is 0 Å². The van der Waals surface area contributed by atoms with Crippen LogP contribution in [0.3, 0.4) is 0 Å². The van der Waals surface area contributed by atoms with Crippen molar-refractivity contribution in [1.29, 1.82) is 0 Å². The van der Waals surface area contributed by atoms with Gasteiger partial charge in [-0.05, 0) is 42.7 Å². The normalized spacial score (nSPS) is 11.6. The Morgan fingerprint density at radius 3 is 2.64 bits per heavy atom. The van der Waals surface area contributed by atoms with Crippen LogP contribution in [0.4, 0.5) is 10.5 Å². The molecule has 0 saturated heterocycles. The van der Waals surface area contributed by atoms with E-state index in [-0.39, 0.29) is 12.6 Å². The monoisotopic (exact) mass is 342 g/mol. The zero-order valence-corrected chi connectivity index (χ0v) is 14.8. The molecule has 134 valence electrons. The maximum absolute atomic E-state index is 12.0. The Hall–Kier alpha value is -2.53. The first kappa shape index (κ1) is 18.8. The molecule has 2 amide bonds. The van der Waals surface area contributed by atoms with Crippen LogP contribution in [0, 0.1) is 6.92 Å². The lowest BCUT2D eigenvalue weighted by Crippen LogP contribution is -2.36. The number of carbonyl (C=O) groups excluding carboxylic acids is 1. The molecule has 25 heavy (non-hydrogen) atoms. The predicted octanol–water partition coefficient (Wildman–Crippen LogP) is 3.51. The summed E-state index contributed by atoms with van der Waals surface area (Å²) in [4.78, 5) is 12.0. The molecule has 1 atom stereocenters. The van der Waals surface area contributed by atoms with Gasteiger partial charge >= 0.3 is 6.03 Å². The van der Waals surface area contributed by atoms with Crippen molar-refractivity contribution in [1.82, 2.24) is 5.32 Å². The fraction of sp³-hybridized carbons (Fsp3) is 0.350. The van der Waals surface area contributed by atoms with E-state index in [1.54, 1.807) is 0 Å². The van der Waals surface area contributed by atoms with Crippen LogP contribution in [0.1, 0.15) is 24.5 Å². The lowest BCUT2D eigenvalue weighted by Gasteiger charge is -2.14. The molecule has 5 nitrogen and oxygen atoms in total. The van der Waals surface area contributed by atoms with E-state index in [0.29, 0.717) is 13.0 Å². The van der Waals surface area contributed by atoms with Crippen molar-refractivity contribution in [3.05, 3.63) is 59.7 Å². The van der Waals surface area contributed by atoms with Gasteiger partial charge in [-0.3, -0.25) is 0 Å². The quantitative estimate of drug-likeness (QED) is 0.687. The van der Waals surface area contributed by atoms with Gasteiger partial charge in [0, 0.05) is 18.7 Å². The van der Waals surface area contributed by atoms with Gasteiger partial charge in [-0.1, -0.05) is 37.3 Å². The fourth-order valence-electron chi connectivity index (χ4n) is 2.42. The first-order valence-corrected chi connectivity index (χ1v) is 8.58. The van der Waals surface area contributed by atoms with Gasteiger partial charge in [0.15, 0.2) is 0 Å². The van der Waals surface area contributed by atoms with Crippen LogP contribution in [0.2, 0.25) is 0 Å². The molecular weight excluding hydrogens is 316 g/mol. The number of urea groups is 1. The summed E-state index contributed by atoms with van der Waals surface area (Å²) in [5, 5.41) is 15.5. The van der Waals surface area contributed by atoms with Crippen molar-refractivity contribution >= 4 is 11.7 Å². The van der Waals surface area contributed by atoms with Crippen LogP contribution in [0.5, 0.6) is 5.75 Å². The smallest absolute Gasteiger partial charge is 0.319 e. The van der Waals surface area contributed by atoms with E-state index in [1.165, 1.54) is 0 Å². The summed E-state index contributed by atoms with van der Waals surface area (Å²) < 4.78 is 5.57. The van der Waals surface area contributed by atoms with Gasteiger partial charge in [-0.25, -0.2) is 4.79 Å². The van der Waals surface area contributed by atoms with Gasteiger partial charge in [-0.15, -0.1) is 0 Å². The zero-order chi connectivity index (χ0) is 18.1. The number of hydrogen-bond donors (Lipinski definition) is 3. The Morgan fingerprint density at radius 1 is 1.20 bits per heavy atom. The molecule has 0 aliphatic heterocycles. The number of carbonyl (C=O) groups is 1. The number of amides is 2. The molecule has 0 heterocycles. The largest absolute Gasteiger partial charge is 0.494 e. The second-order valence-electron chi connectivity index (χ2n) is 6.00. The first-order chi connectivity index (χ1) is 12.1. The minimum Gasteiger partial charge on any atom is -0.494 e. The third-order valence-electron chi connectivity index (χ3n) is 3.73. The van der Waals surface area contributed by atoms with Crippen LogP contribution >= 0.6 is 0 Å². The third kappa shape index (κ3) is 6.47. The van der Waals surface area contributed by atoms with Crippen molar-refractivity contribution in [2.24, 2.45) is 0 Å². The average Bonchev–Trinajstić information content (AvgIpc) is 2.61. The molecule has 0 bridgehead atoms. The van der Waals surface area contributed by atoms with E-state index in [4.69, 9.17) is 4.74 Å². The summed E-state index contributed by atoms with van der Waals surface area (Å²) in [5.74, 6) is 0.795. The molecule has 0 fully saturated rings. The number of benzene rings is 2. The van der Waals surface area contributed by atoms with E-state index in [2.05, 4.69) is 17.6 Å². The Labute approximate surface area is 149 Å². The molecule has 3 N–H and O–H groups in total. The lowest BCUT2D eigenvalue weighted by molar-refractivity contribution is 0.172. The summed E-state index contributed by atoms with van der Waals surface area (Å²) in [6, 6.07) is 14.9. The minimum absolute atomic E-state index is 0.192. The number of aryl methyl sites for hydroxylation is 1. The molecule has 0 saturated carbocycles. The topological polar surface area (TPSA) is 70.6 Å². The number of rotatable bonds is 8. The van der Waals surface area contributed by atoms with Crippen LogP contribution < -0.4 is 15.4 Å². The molecule has 0 aliphatic rings. The van der Waals surface area contributed by atoms with E-state index < -0.39 is 6.10 Å². The second kappa shape index (κ2) is 9.69. The first-order valence-electron chi connectivity index (χ1n) is 8.58. The standard InChI is InChI=1S/C20H26N2O3/c1-3-11-25-18-9-10-19(15(2)12-18)22-20(24)21-14-17(23)13-16-7-5-4-6-8-16/h4-10,12,17,23H,3,11,13-14H2,1-2H3,(H2,21,22,24). The van der Waals surface area contributed by atoms with E-state index in [9.17, 15) is 9.90 Å². The Morgan fingerprint density at radius 2 is 1.96 bits per heavy atom. The molecule has 0 aliphatic carbocycles. The van der Waals surface area contributed by atoms with Gasteiger partial charge in [0.25, 0.3) is 0 Å². The van der Waals surface area contributed by atoms with Gasteiger partial charge < -0.3 is 20.5 Å². The molecule has 2 aromatic rings. The summed E-state index contributed by atoms with van der Waals surface area (Å²) in [5.41, 5.74) is 2.68. The van der Waals surface area contributed by atoms with E-state index in [0.717, 1.165) is 29.0 Å². The molecule has 1 unspecified atom stereocenters. The van der Waals surface area contributed by atoms with Gasteiger partial charge in [0.1, 0.15) is 5.75 Å². The maximum atomic E-state index is 12.0. The summed E-state index contributed by atoms with van der Waals surface area (Å²) >= 11 is 0. The van der Waals surface area contributed by atoms with Crippen molar-refractivity contribution in [2.75, 3.05) is 18.5 Å². The van der Waals surface area contributed by atoms with Crippen molar-refractivity contribution < 1.29 is 14.6 Å². The molecule has 0 spiro atoms. The molecule has 2 rings (SSSR count). The van der Waals surface area contributed by atoms with Crippen LogP contribution in [-0.2, 0) is 6.42 Å². The maximum Gasteiger partial charge on any atom is 0.319 e. The minimum atomic E-state index is -0.626. The van der Waals surface area contributed by atoms with Crippen LogP contribution in [0.25, 0.3) is 0 Å². The zero-order valence-electron chi connectivity index (χ0n) is 14.8. The Bertz CT molecular complexity index is 674. The summed E-state index contributed by atoms with van der Waals surface area (Å²) in [6.45, 7) is 4.83. The number of ether oxygens (including phenoxy) is 1. The number of nitrogens with one attached hydrogen (secondary N) is 2. The van der Waals surface area contributed by atoms with Crippen LogP contribution in [0.15, 0.2) is 48.5 Å².